The molecular formula is C18H27F2N. The van der Waals surface area contributed by atoms with Crippen LogP contribution >= 0.6 is 0 Å². The Morgan fingerprint density at radius 1 is 1.19 bits per heavy atom. The van der Waals surface area contributed by atoms with Crippen LogP contribution in [-0.2, 0) is 0 Å². The van der Waals surface area contributed by atoms with Crippen molar-refractivity contribution in [2.75, 3.05) is 7.05 Å². The fraction of sp³-hybridized carbons (Fsp3) is 0.667. The molecule has 1 aromatic carbocycles. The van der Waals surface area contributed by atoms with E-state index in [0.717, 1.165) is 32.1 Å². The van der Waals surface area contributed by atoms with Crippen molar-refractivity contribution < 1.29 is 8.78 Å². The first-order valence-electron chi connectivity index (χ1n) is 8.03. The van der Waals surface area contributed by atoms with Crippen LogP contribution in [0.3, 0.4) is 0 Å². The van der Waals surface area contributed by atoms with E-state index in [0.29, 0.717) is 11.5 Å². The second kappa shape index (κ2) is 6.43. The van der Waals surface area contributed by atoms with Gasteiger partial charge < -0.3 is 5.32 Å². The molecule has 0 bridgehead atoms. The van der Waals surface area contributed by atoms with Crippen molar-refractivity contribution in [3.8, 4) is 0 Å². The Labute approximate surface area is 127 Å². The molecule has 1 aromatic rings. The molecule has 1 atom stereocenters. The fourth-order valence-corrected chi connectivity index (χ4v) is 4.20. The summed E-state index contributed by atoms with van der Waals surface area (Å²) in [4.78, 5) is 0. The van der Waals surface area contributed by atoms with E-state index < -0.39 is 5.82 Å². The Hall–Kier alpha value is -0.960. The van der Waals surface area contributed by atoms with E-state index in [1.807, 2.05) is 7.05 Å². The molecule has 1 unspecified atom stereocenters. The van der Waals surface area contributed by atoms with Crippen molar-refractivity contribution in [3.05, 3.63) is 34.9 Å². The molecule has 1 fully saturated rings. The van der Waals surface area contributed by atoms with E-state index in [1.165, 1.54) is 12.1 Å². The predicted molar refractivity (Wildman–Crippen MR) is 83.3 cm³/mol. The summed E-state index contributed by atoms with van der Waals surface area (Å²) in [6, 6.07) is 2.67. The number of hydrogen-bond donors (Lipinski definition) is 1. The number of rotatable bonds is 5. The lowest BCUT2D eigenvalue weighted by Crippen LogP contribution is -2.37. The van der Waals surface area contributed by atoms with Crippen LogP contribution in [0.5, 0.6) is 0 Å². The van der Waals surface area contributed by atoms with Crippen molar-refractivity contribution in [2.45, 2.75) is 58.9 Å². The highest BCUT2D eigenvalue weighted by molar-refractivity contribution is 5.31. The maximum atomic E-state index is 14.6. The first-order valence-corrected chi connectivity index (χ1v) is 8.03. The number of nitrogens with one attached hydrogen (secondary N) is 1. The van der Waals surface area contributed by atoms with E-state index in [1.54, 1.807) is 6.92 Å². The van der Waals surface area contributed by atoms with Gasteiger partial charge in [0.15, 0.2) is 0 Å². The van der Waals surface area contributed by atoms with Crippen LogP contribution in [0.2, 0.25) is 0 Å². The minimum absolute atomic E-state index is 0.0294. The Kier molecular flexibility index (Phi) is 5.03. The lowest BCUT2D eigenvalue weighted by molar-refractivity contribution is 0.155. The molecule has 1 aliphatic rings. The van der Waals surface area contributed by atoms with Gasteiger partial charge in [0.05, 0.1) is 0 Å². The van der Waals surface area contributed by atoms with Gasteiger partial charge in [-0.25, -0.2) is 8.78 Å². The number of hydrogen-bond acceptors (Lipinski definition) is 1. The topological polar surface area (TPSA) is 12.0 Å². The average molecular weight is 295 g/mol. The highest BCUT2D eigenvalue weighted by Crippen LogP contribution is 2.52. The van der Waals surface area contributed by atoms with Gasteiger partial charge in [-0.1, -0.05) is 32.8 Å². The lowest BCUT2D eigenvalue weighted by Gasteiger charge is -2.39. The van der Waals surface area contributed by atoms with Gasteiger partial charge in [0.2, 0.25) is 0 Å². The summed E-state index contributed by atoms with van der Waals surface area (Å²) < 4.78 is 28.9. The van der Waals surface area contributed by atoms with Crippen LogP contribution in [-0.4, -0.2) is 7.05 Å². The van der Waals surface area contributed by atoms with Crippen LogP contribution in [0.1, 0.15) is 63.1 Å². The second-order valence-electron chi connectivity index (χ2n) is 6.98. The Bertz CT molecular complexity index is 490. The Balaban J connectivity index is 2.49. The molecule has 0 amide bonds. The van der Waals surface area contributed by atoms with E-state index in [-0.39, 0.29) is 22.8 Å². The van der Waals surface area contributed by atoms with Crippen molar-refractivity contribution in [2.24, 2.45) is 11.3 Å². The van der Waals surface area contributed by atoms with Gasteiger partial charge >= 0.3 is 0 Å². The third-order valence-electron chi connectivity index (χ3n) is 4.92. The monoisotopic (exact) mass is 295 g/mol. The van der Waals surface area contributed by atoms with Crippen molar-refractivity contribution in [3.63, 3.8) is 0 Å². The maximum Gasteiger partial charge on any atom is 0.133 e. The number of benzene rings is 1. The minimum Gasteiger partial charge on any atom is -0.312 e. The van der Waals surface area contributed by atoms with Crippen LogP contribution < -0.4 is 5.32 Å². The quantitative estimate of drug-likeness (QED) is 0.793. The molecule has 1 N–H and O–H groups in total. The Morgan fingerprint density at radius 2 is 1.81 bits per heavy atom. The highest BCUT2D eigenvalue weighted by atomic mass is 19.1. The van der Waals surface area contributed by atoms with Crippen molar-refractivity contribution in [1.82, 2.24) is 5.32 Å². The third-order valence-corrected chi connectivity index (χ3v) is 4.92. The summed E-state index contributed by atoms with van der Waals surface area (Å²) in [5.74, 6) is -0.285. The van der Waals surface area contributed by atoms with E-state index in [4.69, 9.17) is 0 Å². The molecule has 1 saturated carbocycles. The zero-order chi connectivity index (χ0) is 15.6. The molecule has 0 aromatic heterocycles. The van der Waals surface area contributed by atoms with Gasteiger partial charge in [-0.05, 0) is 56.2 Å². The number of halogens is 2. The molecule has 1 nitrogen and oxygen atoms in total. The van der Waals surface area contributed by atoms with Gasteiger partial charge in [0.1, 0.15) is 11.6 Å². The molecule has 2 rings (SSSR count). The highest BCUT2D eigenvalue weighted by Gasteiger charge is 2.43. The summed E-state index contributed by atoms with van der Waals surface area (Å²) in [5.41, 5.74) is 0.725. The first-order chi connectivity index (χ1) is 9.91. The molecule has 0 radical (unpaired) electrons. The second-order valence-corrected chi connectivity index (χ2v) is 6.98. The van der Waals surface area contributed by atoms with E-state index in [2.05, 4.69) is 19.2 Å². The van der Waals surface area contributed by atoms with Gasteiger partial charge in [-0.15, -0.1) is 0 Å². The molecule has 0 saturated heterocycles. The van der Waals surface area contributed by atoms with Gasteiger partial charge in [0.25, 0.3) is 0 Å². The van der Waals surface area contributed by atoms with Crippen molar-refractivity contribution >= 4 is 0 Å². The predicted octanol–water partition coefficient (Wildman–Crippen LogP) is 5.14. The third kappa shape index (κ3) is 3.13. The molecule has 0 spiro atoms. The van der Waals surface area contributed by atoms with Crippen LogP contribution in [0, 0.1) is 29.9 Å². The molecular weight excluding hydrogens is 268 g/mol. The summed E-state index contributed by atoms with van der Waals surface area (Å²) in [5, 5.41) is 3.24. The van der Waals surface area contributed by atoms with Gasteiger partial charge in [-0.2, -0.15) is 0 Å². The molecule has 0 aliphatic heterocycles. The zero-order valence-electron chi connectivity index (χ0n) is 13.6. The summed E-state index contributed by atoms with van der Waals surface area (Å²) >= 11 is 0. The van der Waals surface area contributed by atoms with Crippen molar-refractivity contribution in [1.29, 1.82) is 0 Å². The number of aryl methyl sites for hydroxylation is 1. The summed E-state index contributed by atoms with van der Waals surface area (Å²) in [6.07, 6.45) is 5.40. The van der Waals surface area contributed by atoms with E-state index in [9.17, 15) is 8.78 Å². The Morgan fingerprint density at radius 3 is 2.33 bits per heavy atom. The molecule has 1 aliphatic carbocycles. The molecule has 3 heteroatoms. The van der Waals surface area contributed by atoms with Crippen LogP contribution in [0.4, 0.5) is 8.78 Å². The largest absolute Gasteiger partial charge is 0.312 e. The average Bonchev–Trinajstić information content (AvgIpc) is 2.87. The smallest absolute Gasteiger partial charge is 0.133 e. The fourth-order valence-electron chi connectivity index (χ4n) is 4.20. The maximum absolute atomic E-state index is 14.6. The van der Waals surface area contributed by atoms with Gasteiger partial charge in [0, 0.05) is 11.6 Å². The normalized spacial score (nSPS) is 19.2. The first kappa shape index (κ1) is 16.4. The van der Waals surface area contributed by atoms with E-state index >= 15 is 0 Å². The van der Waals surface area contributed by atoms with Crippen LogP contribution in [0.15, 0.2) is 12.1 Å². The SMILES string of the molecule is CNC(c1c(F)ccc(C)c1F)C1(CC(C)C)CCCC1. The van der Waals surface area contributed by atoms with Gasteiger partial charge in [-0.3, -0.25) is 0 Å². The van der Waals surface area contributed by atoms with Crippen LogP contribution in [0.25, 0.3) is 0 Å². The molecule has 118 valence electrons. The summed E-state index contributed by atoms with van der Waals surface area (Å²) in [7, 11) is 1.83. The zero-order valence-corrected chi connectivity index (χ0v) is 13.6. The lowest BCUT2D eigenvalue weighted by atomic mass is 9.70. The molecule has 0 heterocycles. The summed E-state index contributed by atoms with van der Waals surface area (Å²) in [6.45, 7) is 6.08. The molecule has 21 heavy (non-hydrogen) atoms. The minimum atomic E-state index is -0.424. The standard InChI is InChI=1S/C18H27F2N/c1-12(2)11-18(9-5-6-10-18)17(21-4)15-14(19)8-7-13(3)16(15)20/h7-8,12,17,21H,5-6,9-11H2,1-4H3.